The van der Waals surface area contributed by atoms with Crippen molar-refractivity contribution >= 4 is 5.97 Å². The Kier molecular flexibility index (Phi) is 8.20. The number of hydrogen-bond donors (Lipinski definition) is 4. The van der Waals surface area contributed by atoms with E-state index >= 15 is 0 Å². The molecule has 4 N–H and O–H groups in total. The van der Waals surface area contributed by atoms with Crippen LogP contribution in [0.5, 0.6) is 0 Å². The molecule has 50 heavy (non-hydrogen) atoms. The minimum Gasteiger partial charge on any atom is -0.465 e. The summed E-state index contributed by atoms with van der Waals surface area (Å²) in [4.78, 5) is 12.1. The number of aliphatic hydroxyl groups is 4. The average molecular weight is 723 g/mol. The Hall–Kier alpha value is -1.14. The smallest absolute Gasteiger partial charge is 0.442 e. The van der Waals surface area contributed by atoms with Crippen molar-refractivity contribution in [1.82, 2.24) is 0 Å². The number of alkyl halides is 3. The molecule has 8 aliphatic rings. The first-order valence-electron chi connectivity index (χ1n) is 18.3. The van der Waals surface area contributed by atoms with Gasteiger partial charge in [-0.3, -0.25) is 4.79 Å². The van der Waals surface area contributed by atoms with Gasteiger partial charge in [-0.25, -0.2) is 0 Å². The van der Waals surface area contributed by atoms with Crippen LogP contribution < -0.4 is 0 Å². The van der Waals surface area contributed by atoms with Gasteiger partial charge in [-0.2, -0.15) is 13.2 Å². The summed E-state index contributed by atoms with van der Waals surface area (Å²) in [5.41, 5.74) is -5.22. The Balaban J connectivity index is 1.12. The summed E-state index contributed by atoms with van der Waals surface area (Å²) in [6.45, 7) is 5.45. The first-order chi connectivity index (χ1) is 23.3. The Morgan fingerprint density at radius 3 is 2.34 bits per heavy atom. The third kappa shape index (κ3) is 4.83. The summed E-state index contributed by atoms with van der Waals surface area (Å²) in [6.07, 6.45) is -8.69. The molecule has 4 heterocycles. The number of rotatable bonds is 4. The van der Waals surface area contributed by atoms with Gasteiger partial charge in [0.2, 0.25) is 0 Å². The molecule has 0 aromatic carbocycles. The number of halogens is 3. The number of ether oxygens (including phenoxy) is 7. The summed E-state index contributed by atoms with van der Waals surface area (Å²) in [5.74, 6) is -5.54. The van der Waals surface area contributed by atoms with Crippen LogP contribution in [-0.2, 0) is 38.0 Å². The monoisotopic (exact) mass is 722 g/mol. The van der Waals surface area contributed by atoms with Gasteiger partial charge in [0.15, 0.2) is 12.1 Å². The summed E-state index contributed by atoms with van der Waals surface area (Å²) in [5, 5.41) is 47.4. The molecule has 1 unspecified atom stereocenters. The van der Waals surface area contributed by atoms with Gasteiger partial charge in [-0.05, 0) is 84.0 Å². The fraction of sp³-hybridized carbons (Fsp3) is 0.971. The second-order valence-corrected chi connectivity index (χ2v) is 17.2. The maximum atomic E-state index is 14.5. The predicted octanol–water partition coefficient (Wildman–Crippen LogP) is 2.71. The molecule has 284 valence electrons. The molecule has 4 saturated heterocycles. The molecule has 15 heteroatoms. The van der Waals surface area contributed by atoms with Crippen molar-refractivity contribution in [3.8, 4) is 0 Å². The minimum absolute atomic E-state index is 0.0211. The standard InChI is InChI=1S/C35H51F3O12/c1-17-25(41)26-27(50-29(2,3)49-26)28(46-17)47-19-12-23-33(16-45-30(4,48-23)35(36,37)38)21-5-8-31(15-39)20(18-11-24(40)44-14-18)7-10-34(31,43)22(21)6-9-32(33,42)13-19/h17-23,25-28,39,41-43H,5-16H2,1-4H3/t17-,18+,19+,20+,21+,22-,23-,25-,26+,27+,28-,30?,31+,32+,33+,34+/m1/s1/i29+1,30+1. The Labute approximate surface area is 289 Å². The number of aliphatic hydroxyl groups excluding tert-OH is 2. The number of esters is 1. The van der Waals surface area contributed by atoms with Gasteiger partial charge in [0.05, 0.1) is 61.2 Å². The van der Waals surface area contributed by atoms with E-state index in [1.54, 1.807) is 20.8 Å². The first kappa shape index (κ1) is 35.9. The van der Waals surface area contributed by atoms with Crippen molar-refractivity contribution in [2.24, 2.45) is 34.5 Å². The molecule has 12 nitrogen and oxygen atoms in total. The Morgan fingerprint density at radius 2 is 1.66 bits per heavy atom. The van der Waals surface area contributed by atoms with Gasteiger partial charge >= 0.3 is 12.1 Å². The van der Waals surface area contributed by atoms with Crippen LogP contribution in [0.2, 0.25) is 0 Å². The van der Waals surface area contributed by atoms with E-state index in [1.165, 1.54) is 0 Å². The summed E-state index contributed by atoms with van der Waals surface area (Å²) >= 11 is 0. The van der Waals surface area contributed by atoms with E-state index in [9.17, 15) is 38.4 Å². The molecular weight excluding hydrogens is 671 g/mol. The first-order valence-corrected chi connectivity index (χ1v) is 18.3. The summed E-state index contributed by atoms with van der Waals surface area (Å²) in [6, 6.07) is 0. The van der Waals surface area contributed by atoms with Crippen molar-refractivity contribution in [2.75, 3.05) is 19.8 Å². The lowest BCUT2D eigenvalue weighted by Crippen LogP contribution is -2.77. The Morgan fingerprint density at radius 1 is 0.960 bits per heavy atom. The van der Waals surface area contributed by atoms with E-state index in [4.69, 9.17) is 33.2 Å². The van der Waals surface area contributed by atoms with Gasteiger partial charge in [0, 0.05) is 24.2 Å². The van der Waals surface area contributed by atoms with Crippen LogP contribution >= 0.6 is 0 Å². The number of cyclic esters (lactones) is 1. The maximum Gasteiger partial charge on any atom is 0.442 e. The minimum atomic E-state index is -4.88. The lowest BCUT2D eigenvalue weighted by atomic mass is 9.40. The number of hydrogen-bond acceptors (Lipinski definition) is 12. The van der Waals surface area contributed by atoms with Gasteiger partial charge in [0.1, 0.15) is 18.3 Å². The highest BCUT2D eigenvalue weighted by Gasteiger charge is 2.77. The molecular formula is C35H51F3O12. The number of carbonyl (C=O) groups is 1. The van der Waals surface area contributed by atoms with Crippen LogP contribution in [0.1, 0.15) is 85.5 Å². The van der Waals surface area contributed by atoms with Crippen molar-refractivity contribution in [3.63, 3.8) is 0 Å². The van der Waals surface area contributed by atoms with Crippen molar-refractivity contribution in [1.29, 1.82) is 0 Å². The zero-order chi connectivity index (χ0) is 35.9. The zero-order valence-electron chi connectivity index (χ0n) is 29.0. The topological polar surface area (TPSA) is 163 Å². The largest absolute Gasteiger partial charge is 0.465 e. The lowest BCUT2D eigenvalue weighted by molar-refractivity contribution is -0.459. The predicted molar refractivity (Wildman–Crippen MR) is 163 cm³/mol. The molecule has 4 saturated carbocycles. The van der Waals surface area contributed by atoms with E-state index in [0.29, 0.717) is 32.1 Å². The number of fused-ring (bicyclic) bond motifs is 4. The van der Waals surface area contributed by atoms with Crippen molar-refractivity contribution in [3.05, 3.63) is 0 Å². The van der Waals surface area contributed by atoms with Crippen LogP contribution in [0.4, 0.5) is 13.2 Å². The quantitative estimate of drug-likeness (QED) is 0.191. The second-order valence-electron chi connectivity index (χ2n) is 17.2. The molecule has 0 radical (unpaired) electrons. The lowest BCUT2D eigenvalue weighted by Gasteiger charge is -2.70. The maximum absolute atomic E-state index is 14.5. The van der Waals surface area contributed by atoms with Crippen LogP contribution in [-0.4, -0.2) is 118 Å². The van der Waals surface area contributed by atoms with Crippen LogP contribution in [0.15, 0.2) is 0 Å². The highest BCUT2D eigenvalue weighted by molar-refractivity contribution is 5.71. The second kappa shape index (κ2) is 11.4. The molecule has 0 amide bonds. The van der Waals surface area contributed by atoms with Crippen LogP contribution in [0, 0.1) is 34.5 Å². The zero-order valence-corrected chi connectivity index (χ0v) is 29.0. The van der Waals surface area contributed by atoms with Gasteiger partial charge in [-0.1, -0.05) is 0 Å². The highest BCUT2D eigenvalue weighted by Crippen LogP contribution is 2.72. The van der Waals surface area contributed by atoms with E-state index in [1.807, 2.05) is 0 Å². The van der Waals surface area contributed by atoms with Gasteiger partial charge < -0.3 is 53.6 Å². The molecule has 0 aromatic heterocycles. The molecule has 4 aliphatic carbocycles. The molecule has 8 fully saturated rings. The molecule has 4 aliphatic heterocycles. The molecule has 0 aromatic rings. The van der Waals surface area contributed by atoms with Crippen molar-refractivity contribution < 1.29 is 71.5 Å². The third-order valence-electron chi connectivity index (χ3n) is 14.6. The average Bonchev–Trinajstić information content (AvgIpc) is 3.70. The van der Waals surface area contributed by atoms with Crippen molar-refractivity contribution in [2.45, 2.75) is 157 Å². The molecule has 1 spiro atoms. The summed E-state index contributed by atoms with van der Waals surface area (Å²) < 4.78 is 85.1. The van der Waals surface area contributed by atoms with Crippen LogP contribution in [0.25, 0.3) is 0 Å². The molecule has 8 rings (SSSR count). The third-order valence-corrected chi connectivity index (χ3v) is 14.6. The summed E-state index contributed by atoms with van der Waals surface area (Å²) in [7, 11) is 0. The van der Waals surface area contributed by atoms with Gasteiger partial charge in [-0.15, -0.1) is 0 Å². The molecule has 16 atom stereocenters. The normalized spacial score (nSPS) is 55.7. The fourth-order valence-corrected chi connectivity index (χ4v) is 12.2. The van der Waals surface area contributed by atoms with Gasteiger partial charge in [0.25, 0.3) is 5.79 Å². The van der Waals surface area contributed by atoms with Crippen LogP contribution in [0.3, 0.4) is 0 Å². The number of carbonyl (C=O) groups excluding carboxylic acids is 1. The molecule has 0 bridgehead atoms. The van der Waals surface area contributed by atoms with E-state index in [2.05, 4.69) is 0 Å². The fourth-order valence-electron chi connectivity index (χ4n) is 12.2. The SMILES string of the molecule is C[C@H]1O[C@H](O[C@H]2C[C@H]3O[13C](C)(C(F)(F)F)OC[C@]34[C@H]3CC[C@]5(CO)[C@H]([C@@H]6COC(=O)C6)CC[C@]5(O)[C@@H]3CC[C@]4(O)C2)[C@H]2O[13C](C)(C)O[C@H]2[C@@H]1O. The van der Waals surface area contributed by atoms with E-state index < -0.39 is 101 Å². The van der Waals surface area contributed by atoms with E-state index in [-0.39, 0.29) is 56.7 Å². The van der Waals surface area contributed by atoms with E-state index in [0.717, 1.165) is 6.92 Å². The Bertz CT molecular complexity index is 1370. The highest BCUT2D eigenvalue weighted by atomic mass is 19.4.